The number of nitrogens with one attached hydrogen (secondary N) is 2. The van der Waals surface area contributed by atoms with E-state index in [0.29, 0.717) is 41.7 Å². The van der Waals surface area contributed by atoms with Crippen molar-refractivity contribution in [3.05, 3.63) is 106 Å². The van der Waals surface area contributed by atoms with E-state index in [9.17, 15) is 14.4 Å². The molecule has 0 atom stereocenters. The number of carbonyl (C=O) groups excluding carboxylic acids is 2. The van der Waals surface area contributed by atoms with Crippen LogP contribution in [-0.4, -0.2) is 21.6 Å². The Kier molecular flexibility index (Phi) is 7.21. The fourth-order valence-electron chi connectivity index (χ4n) is 3.71. The van der Waals surface area contributed by atoms with Gasteiger partial charge in [0.25, 0.3) is 17.4 Å². The van der Waals surface area contributed by atoms with E-state index < -0.39 is 11.8 Å². The predicted octanol–water partition coefficient (Wildman–Crippen LogP) is 3.77. The van der Waals surface area contributed by atoms with Gasteiger partial charge >= 0.3 is 0 Å². The molecule has 2 N–H and O–H groups in total. The molecular formula is C27H26N4O4. The molecular weight excluding hydrogens is 444 g/mol. The Morgan fingerprint density at radius 3 is 2.43 bits per heavy atom. The summed E-state index contributed by atoms with van der Waals surface area (Å²) in [6.07, 6.45) is 0.686. The molecule has 0 fully saturated rings. The number of hydrogen-bond acceptors (Lipinski definition) is 5. The van der Waals surface area contributed by atoms with Crippen molar-refractivity contribution in [1.82, 2.24) is 20.6 Å². The quantitative estimate of drug-likeness (QED) is 0.401. The Balaban J connectivity index is 1.46. The van der Waals surface area contributed by atoms with E-state index in [4.69, 9.17) is 4.74 Å². The molecule has 0 saturated heterocycles. The van der Waals surface area contributed by atoms with E-state index in [1.54, 1.807) is 48.5 Å². The third-order valence-corrected chi connectivity index (χ3v) is 5.39. The predicted molar refractivity (Wildman–Crippen MR) is 133 cm³/mol. The number of hydrazine groups is 1. The van der Waals surface area contributed by atoms with Crippen LogP contribution in [0, 0.1) is 6.92 Å². The third-order valence-electron chi connectivity index (χ3n) is 5.39. The van der Waals surface area contributed by atoms with E-state index >= 15 is 0 Å². The molecule has 0 radical (unpaired) electrons. The molecule has 3 aromatic carbocycles. The maximum Gasteiger partial charge on any atom is 0.290 e. The summed E-state index contributed by atoms with van der Waals surface area (Å²) >= 11 is 0. The van der Waals surface area contributed by atoms with Crippen LogP contribution in [0.1, 0.15) is 45.3 Å². The number of hydrogen-bond donors (Lipinski definition) is 2. The molecule has 1 aromatic heterocycles. The molecule has 0 spiro atoms. The summed E-state index contributed by atoms with van der Waals surface area (Å²) in [5, 5.41) is 5.05. The van der Waals surface area contributed by atoms with Gasteiger partial charge in [-0.2, -0.15) is 5.10 Å². The summed E-state index contributed by atoms with van der Waals surface area (Å²) in [5.74, 6) is -0.596. The number of aromatic nitrogens is 2. The van der Waals surface area contributed by atoms with Gasteiger partial charge in [0.1, 0.15) is 12.4 Å². The van der Waals surface area contributed by atoms with Gasteiger partial charge < -0.3 is 4.74 Å². The molecule has 2 amide bonds. The van der Waals surface area contributed by atoms with Crippen molar-refractivity contribution in [1.29, 1.82) is 0 Å². The highest BCUT2D eigenvalue weighted by atomic mass is 16.5. The summed E-state index contributed by atoms with van der Waals surface area (Å²) in [7, 11) is 0. The molecule has 8 nitrogen and oxygen atoms in total. The first-order valence-corrected chi connectivity index (χ1v) is 11.3. The number of amides is 2. The number of aryl methyl sites for hydroxylation is 2. The van der Waals surface area contributed by atoms with Crippen LogP contribution in [0.2, 0.25) is 0 Å². The molecule has 35 heavy (non-hydrogen) atoms. The van der Waals surface area contributed by atoms with E-state index in [0.717, 1.165) is 11.1 Å². The smallest absolute Gasteiger partial charge is 0.290 e. The Hall–Kier alpha value is -4.46. The van der Waals surface area contributed by atoms with E-state index in [2.05, 4.69) is 16.0 Å². The lowest BCUT2D eigenvalue weighted by molar-refractivity contribution is 0.0843. The first-order valence-electron chi connectivity index (χ1n) is 11.3. The Morgan fingerprint density at radius 2 is 1.66 bits per heavy atom. The van der Waals surface area contributed by atoms with Crippen molar-refractivity contribution < 1.29 is 14.3 Å². The zero-order valence-electron chi connectivity index (χ0n) is 19.6. The van der Waals surface area contributed by atoms with Crippen molar-refractivity contribution in [3.63, 3.8) is 0 Å². The highest BCUT2D eigenvalue weighted by Gasteiger charge is 2.17. The molecule has 0 saturated carbocycles. The topological polar surface area (TPSA) is 102 Å². The van der Waals surface area contributed by atoms with Crippen LogP contribution in [0.4, 0.5) is 0 Å². The number of fused-ring (bicyclic) bond motifs is 1. The lowest BCUT2D eigenvalue weighted by Crippen LogP contribution is -2.42. The molecule has 0 aliphatic rings. The fraction of sp³-hybridized carbons (Fsp3) is 0.185. The summed E-state index contributed by atoms with van der Waals surface area (Å²) in [5.41, 5.74) is 7.11. The van der Waals surface area contributed by atoms with Gasteiger partial charge in [0.2, 0.25) is 0 Å². The van der Waals surface area contributed by atoms with Crippen LogP contribution in [0.15, 0.2) is 77.6 Å². The van der Waals surface area contributed by atoms with Crippen molar-refractivity contribution in [2.75, 3.05) is 0 Å². The maximum atomic E-state index is 12.9. The largest absolute Gasteiger partial charge is 0.489 e. The standard InChI is InChI=1S/C27H26N4O4/c1-3-14-31-27(34)23-13-5-4-12-22(23)24(30-31)26(33)29-28-25(32)20-10-7-11-21(16-20)35-17-19-9-6-8-18(2)15-19/h4-13,15-16H,3,14,17H2,1-2H3,(H,28,32)(H,29,33). The first kappa shape index (κ1) is 23.7. The average molecular weight is 471 g/mol. The van der Waals surface area contributed by atoms with Crippen LogP contribution in [0.5, 0.6) is 5.75 Å². The minimum absolute atomic E-state index is 0.0594. The zero-order chi connectivity index (χ0) is 24.8. The van der Waals surface area contributed by atoms with Gasteiger partial charge in [-0.1, -0.05) is 61.0 Å². The molecule has 0 unspecified atom stereocenters. The normalized spacial score (nSPS) is 10.7. The molecule has 0 bridgehead atoms. The summed E-state index contributed by atoms with van der Waals surface area (Å²) < 4.78 is 7.09. The fourth-order valence-corrected chi connectivity index (χ4v) is 3.71. The van der Waals surface area contributed by atoms with Gasteiger partial charge in [-0.25, -0.2) is 4.68 Å². The number of nitrogens with zero attached hydrogens (tertiary/aromatic N) is 2. The summed E-state index contributed by atoms with van der Waals surface area (Å²) in [6, 6.07) is 21.5. The van der Waals surface area contributed by atoms with Crippen LogP contribution < -0.4 is 21.1 Å². The molecule has 178 valence electrons. The Morgan fingerprint density at radius 1 is 0.914 bits per heavy atom. The number of rotatable bonds is 7. The van der Waals surface area contributed by atoms with E-state index in [-0.39, 0.29) is 11.3 Å². The second-order valence-corrected chi connectivity index (χ2v) is 8.14. The van der Waals surface area contributed by atoms with Crippen molar-refractivity contribution >= 4 is 22.6 Å². The Bertz CT molecular complexity index is 1440. The minimum atomic E-state index is -0.619. The second-order valence-electron chi connectivity index (χ2n) is 8.14. The first-order chi connectivity index (χ1) is 17.0. The minimum Gasteiger partial charge on any atom is -0.489 e. The Labute approximate surface area is 202 Å². The van der Waals surface area contributed by atoms with Gasteiger partial charge in [-0.3, -0.25) is 25.2 Å². The SMILES string of the molecule is CCCn1nc(C(=O)NNC(=O)c2cccc(OCc3cccc(C)c3)c2)c2ccccc2c1=O. The molecule has 4 aromatic rings. The van der Waals surface area contributed by atoms with Crippen molar-refractivity contribution in [2.24, 2.45) is 0 Å². The maximum absolute atomic E-state index is 12.9. The monoisotopic (exact) mass is 470 g/mol. The number of carbonyl (C=O) groups is 2. The van der Waals surface area contributed by atoms with Gasteiger partial charge in [-0.15, -0.1) is 0 Å². The van der Waals surface area contributed by atoms with E-state index in [1.807, 2.05) is 38.1 Å². The average Bonchev–Trinajstić information content (AvgIpc) is 2.88. The van der Waals surface area contributed by atoms with Gasteiger partial charge in [0, 0.05) is 17.5 Å². The van der Waals surface area contributed by atoms with Crippen molar-refractivity contribution in [2.45, 2.75) is 33.4 Å². The highest BCUT2D eigenvalue weighted by molar-refractivity contribution is 6.06. The lowest BCUT2D eigenvalue weighted by atomic mass is 10.1. The summed E-state index contributed by atoms with van der Waals surface area (Å²) in [4.78, 5) is 38.2. The lowest BCUT2D eigenvalue weighted by Gasteiger charge is -2.12. The second kappa shape index (κ2) is 10.6. The molecule has 4 rings (SSSR count). The van der Waals surface area contributed by atoms with Gasteiger partial charge in [0.05, 0.1) is 5.39 Å². The number of ether oxygens (including phenoxy) is 1. The van der Waals surface area contributed by atoms with Gasteiger partial charge in [-0.05, 0) is 43.2 Å². The highest BCUT2D eigenvalue weighted by Crippen LogP contribution is 2.16. The van der Waals surface area contributed by atoms with Crippen LogP contribution in [0.25, 0.3) is 10.8 Å². The van der Waals surface area contributed by atoms with Crippen LogP contribution in [0.3, 0.4) is 0 Å². The molecule has 0 aliphatic carbocycles. The molecule has 1 heterocycles. The third kappa shape index (κ3) is 5.55. The van der Waals surface area contributed by atoms with E-state index in [1.165, 1.54) is 4.68 Å². The van der Waals surface area contributed by atoms with Crippen molar-refractivity contribution in [3.8, 4) is 5.75 Å². The van der Waals surface area contributed by atoms with Crippen LogP contribution in [-0.2, 0) is 13.2 Å². The molecule has 8 heteroatoms. The zero-order valence-corrected chi connectivity index (χ0v) is 19.6. The van der Waals surface area contributed by atoms with Gasteiger partial charge in [0.15, 0.2) is 5.69 Å². The summed E-state index contributed by atoms with van der Waals surface area (Å²) in [6.45, 7) is 4.68. The number of benzene rings is 3. The molecule has 0 aliphatic heterocycles. The van der Waals surface area contributed by atoms with Crippen LogP contribution >= 0.6 is 0 Å².